The number of amides is 1. The van der Waals surface area contributed by atoms with Crippen molar-refractivity contribution >= 4 is 5.91 Å². The fourth-order valence-corrected chi connectivity index (χ4v) is 1.42. The molecule has 0 aliphatic heterocycles. The second-order valence-electron chi connectivity index (χ2n) is 4.46. The number of carbonyl (C=O) groups is 1. The monoisotopic (exact) mass is 235 g/mol. The van der Waals surface area contributed by atoms with Gasteiger partial charge in [-0.25, -0.2) is 0 Å². The van der Waals surface area contributed by atoms with Crippen molar-refractivity contribution < 1.29 is 9.53 Å². The van der Waals surface area contributed by atoms with Gasteiger partial charge in [-0.05, 0) is 30.0 Å². The van der Waals surface area contributed by atoms with E-state index in [-0.39, 0.29) is 12.5 Å². The molecule has 0 bridgehead atoms. The van der Waals surface area contributed by atoms with Gasteiger partial charge in [-0.2, -0.15) is 0 Å². The third-order valence-corrected chi connectivity index (χ3v) is 2.90. The molecule has 94 valence electrons. The van der Waals surface area contributed by atoms with Crippen molar-refractivity contribution in [2.24, 2.45) is 0 Å². The van der Waals surface area contributed by atoms with Crippen LogP contribution in [0.3, 0.4) is 0 Å². The number of hydrogen-bond acceptors (Lipinski definition) is 2. The van der Waals surface area contributed by atoms with E-state index in [9.17, 15) is 4.79 Å². The number of ether oxygens (including phenoxy) is 1. The van der Waals surface area contributed by atoms with Crippen molar-refractivity contribution in [2.75, 3.05) is 20.7 Å². The van der Waals surface area contributed by atoms with E-state index in [1.54, 1.807) is 14.1 Å². The highest BCUT2D eigenvalue weighted by molar-refractivity contribution is 5.77. The topological polar surface area (TPSA) is 29.5 Å². The molecule has 3 heteroatoms. The molecule has 3 nitrogen and oxygen atoms in total. The van der Waals surface area contributed by atoms with Crippen molar-refractivity contribution in [1.29, 1.82) is 0 Å². The largest absolute Gasteiger partial charge is 0.484 e. The number of likely N-dealkylation sites (N-methyl/N-ethyl adjacent to an activating group) is 1. The van der Waals surface area contributed by atoms with Crippen molar-refractivity contribution in [1.82, 2.24) is 4.90 Å². The van der Waals surface area contributed by atoms with Crippen LogP contribution >= 0.6 is 0 Å². The van der Waals surface area contributed by atoms with Gasteiger partial charge in [0, 0.05) is 14.1 Å². The molecule has 1 aromatic carbocycles. The van der Waals surface area contributed by atoms with Crippen molar-refractivity contribution in [3.63, 3.8) is 0 Å². The lowest BCUT2D eigenvalue weighted by molar-refractivity contribution is -0.130. The summed E-state index contributed by atoms with van der Waals surface area (Å²) >= 11 is 0. The summed E-state index contributed by atoms with van der Waals surface area (Å²) in [6, 6.07) is 7.96. The Morgan fingerprint density at radius 3 is 2.71 bits per heavy atom. The Morgan fingerprint density at radius 1 is 1.41 bits per heavy atom. The van der Waals surface area contributed by atoms with E-state index in [0.29, 0.717) is 5.92 Å². The lowest BCUT2D eigenvalue weighted by Crippen LogP contribution is -2.27. The normalized spacial score (nSPS) is 12.0. The SMILES string of the molecule is CCC(C)c1cccc(OCC(=O)N(C)C)c1. The molecule has 1 amide bonds. The number of benzene rings is 1. The first kappa shape index (κ1) is 13.6. The second-order valence-corrected chi connectivity index (χ2v) is 4.46. The van der Waals surface area contributed by atoms with Crippen molar-refractivity contribution in [3.05, 3.63) is 29.8 Å². The van der Waals surface area contributed by atoms with Crippen LogP contribution in [0.25, 0.3) is 0 Å². The molecule has 0 saturated carbocycles. The molecule has 0 aliphatic rings. The Morgan fingerprint density at radius 2 is 2.12 bits per heavy atom. The zero-order valence-corrected chi connectivity index (χ0v) is 11.1. The van der Waals surface area contributed by atoms with Crippen molar-refractivity contribution in [2.45, 2.75) is 26.2 Å². The smallest absolute Gasteiger partial charge is 0.259 e. The molecular formula is C14H21NO2. The lowest BCUT2D eigenvalue weighted by atomic mass is 9.99. The second kappa shape index (κ2) is 6.28. The number of carbonyl (C=O) groups excluding carboxylic acids is 1. The third kappa shape index (κ3) is 4.10. The predicted molar refractivity (Wildman–Crippen MR) is 69.3 cm³/mol. The zero-order chi connectivity index (χ0) is 12.8. The molecule has 1 unspecified atom stereocenters. The summed E-state index contributed by atoms with van der Waals surface area (Å²) in [7, 11) is 3.45. The molecule has 0 aromatic heterocycles. The Hall–Kier alpha value is -1.51. The fourth-order valence-electron chi connectivity index (χ4n) is 1.42. The van der Waals surface area contributed by atoms with E-state index >= 15 is 0 Å². The highest BCUT2D eigenvalue weighted by Gasteiger charge is 2.07. The van der Waals surface area contributed by atoms with Gasteiger partial charge in [0.25, 0.3) is 5.91 Å². The van der Waals surface area contributed by atoms with Crippen molar-refractivity contribution in [3.8, 4) is 5.75 Å². The first-order chi connectivity index (χ1) is 8.04. The molecule has 0 saturated heterocycles. The highest BCUT2D eigenvalue weighted by atomic mass is 16.5. The number of hydrogen-bond donors (Lipinski definition) is 0. The quantitative estimate of drug-likeness (QED) is 0.785. The van der Waals surface area contributed by atoms with Crippen LogP contribution in [0.2, 0.25) is 0 Å². The molecule has 0 N–H and O–H groups in total. The van der Waals surface area contributed by atoms with Crippen LogP contribution in [0.4, 0.5) is 0 Å². The molecular weight excluding hydrogens is 214 g/mol. The summed E-state index contributed by atoms with van der Waals surface area (Å²) in [6.07, 6.45) is 1.10. The molecule has 0 heterocycles. The molecule has 0 radical (unpaired) electrons. The van der Waals surface area contributed by atoms with Crippen LogP contribution in [0.5, 0.6) is 5.75 Å². The van der Waals surface area contributed by atoms with Gasteiger partial charge in [-0.15, -0.1) is 0 Å². The predicted octanol–water partition coefficient (Wildman–Crippen LogP) is 2.67. The van der Waals surface area contributed by atoms with Gasteiger partial charge >= 0.3 is 0 Å². The molecule has 1 rings (SSSR count). The first-order valence-corrected chi connectivity index (χ1v) is 5.97. The summed E-state index contributed by atoms with van der Waals surface area (Å²) in [6.45, 7) is 4.44. The van der Waals surface area contributed by atoms with Crippen LogP contribution < -0.4 is 4.74 Å². The third-order valence-electron chi connectivity index (χ3n) is 2.90. The lowest BCUT2D eigenvalue weighted by Gasteiger charge is -2.13. The Labute approximate surface area is 103 Å². The van der Waals surface area contributed by atoms with E-state index in [2.05, 4.69) is 19.9 Å². The standard InChI is InChI=1S/C14H21NO2/c1-5-11(2)12-7-6-8-13(9-12)17-10-14(16)15(3)4/h6-9,11H,5,10H2,1-4H3. The maximum Gasteiger partial charge on any atom is 0.259 e. The average Bonchev–Trinajstić information content (AvgIpc) is 2.35. The first-order valence-electron chi connectivity index (χ1n) is 5.97. The van der Waals surface area contributed by atoms with Gasteiger partial charge in [0.1, 0.15) is 5.75 Å². The average molecular weight is 235 g/mol. The van der Waals surface area contributed by atoms with Crippen LogP contribution in [-0.2, 0) is 4.79 Å². The van der Waals surface area contributed by atoms with Gasteiger partial charge < -0.3 is 9.64 Å². The van der Waals surface area contributed by atoms with Crippen LogP contribution in [0.15, 0.2) is 24.3 Å². The van der Waals surface area contributed by atoms with E-state index in [0.717, 1.165) is 12.2 Å². The highest BCUT2D eigenvalue weighted by Crippen LogP contribution is 2.22. The van der Waals surface area contributed by atoms with Crippen LogP contribution in [0, 0.1) is 0 Å². The van der Waals surface area contributed by atoms with Gasteiger partial charge in [0.15, 0.2) is 6.61 Å². The minimum absolute atomic E-state index is 0.0288. The Kier molecular flexibility index (Phi) is 5.01. The summed E-state index contributed by atoms with van der Waals surface area (Å²) in [5.41, 5.74) is 1.25. The molecule has 17 heavy (non-hydrogen) atoms. The molecule has 0 aliphatic carbocycles. The van der Waals surface area contributed by atoms with Crippen LogP contribution in [-0.4, -0.2) is 31.5 Å². The van der Waals surface area contributed by atoms with Gasteiger partial charge in [0.05, 0.1) is 0 Å². The Bertz CT molecular complexity index is 374. The van der Waals surface area contributed by atoms with Gasteiger partial charge in [-0.1, -0.05) is 26.0 Å². The zero-order valence-electron chi connectivity index (χ0n) is 11.1. The van der Waals surface area contributed by atoms with Crippen LogP contribution in [0.1, 0.15) is 31.7 Å². The number of nitrogens with zero attached hydrogens (tertiary/aromatic N) is 1. The van der Waals surface area contributed by atoms with E-state index in [4.69, 9.17) is 4.74 Å². The summed E-state index contributed by atoms with van der Waals surface area (Å²) in [5, 5.41) is 0. The minimum Gasteiger partial charge on any atom is -0.484 e. The van der Waals surface area contributed by atoms with E-state index in [1.165, 1.54) is 10.5 Å². The number of rotatable bonds is 5. The van der Waals surface area contributed by atoms with E-state index in [1.807, 2.05) is 18.2 Å². The Balaban J connectivity index is 2.63. The summed E-state index contributed by atoms with van der Waals surface area (Å²) in [5.74, 6) is 1.25. The molecule has 0 fully saturated rings. The van der Waals surface area contributed by atoms with Gasteiger partial charge in [0.2, 0.25) is 0 Å². The van der Waals surface area contributed by atoms with Gasteiger partial charge in [-0.3, -0.25) is 4.79 Å². The molecule has 0 spiro atoms. The summed E-state index contributed by atoms with van der Waals surface area (Å²) < 4.78 is 5.47. The van der Waals surface area contributed by atoms with E-state index < -0.39 is 0 Å². The minimum atomic E-state index is -0.0288. The molecule has 1 aromatic rings. The maximum absolute atomic E-state index is 11.4. The maximum atomic E-state index is 11.4. The fraction of sp³-hybridized carbons (Fsp3) is 0.500. The summed E-state index contributed by atoms with van der Waals surface area (Å²) in [4.78, 5) is 12.9. The molecule has 1 atom stereocenters.